The van der Waals surface area contributed by atoms with E-state index in [1.165, 1.54) is 61.3 Å². The zero-order chi connectivity index (χ0) is 38.3. The Labute approximate surface area is 326 Å². The summed E-state index contributed by atoms with van der Waals surface area (Å²) in [6.45, 7) is 18.6. The molecule has 0 saturated carbocycles. The maximum Gasteiger partial charge on any atom is 0.135 e. The van der Waals surface area contributed by atoms with E-state index in [4.69, 9.17) is 4.42 Å². The number of hydrogen-bond donors (Lipinski definition) is 0. The zero-order valence-corrected chi connectivity index (χ0v) is 33.3. The quantitative estimate of drug-likeness (QED) is 0.176. The first-order valence-electron chi connectivity index (χ1n) is 19.6. The smallest absolute Gasteiger partial charge is 0.135 e. The van der Waals surface area contributed by atoms with E-state index in [-0.39, 0.29) is 16.2 Å². The average molecular weight is 716 g/mol. The van der Waals surface area contributed by atoms with Crippen molar-refractivity contribution < 1.29 is 4.42 Å². The molecule has 9 rings (SSSR count). The highest BCUT2D eigenvalue weighted by Gasteiger charge is 2.41. The number of nitrogens with zero attached hydrogens (tertiary/aromatic N) is 1. The summed E-state index contributed by atoms with van der Waals surface area (Å²) < 4.78 is 6.49. The Kier molecular flexibility index (Phi) is 7.99. The van der Waals surface area contributed by atoms with Gasteiger partial charge in [0.1, 0.15) is 11.2 Å². The zero-order valence-electron chi connectivity index (χ0n) is 33.3. The molecule has 1 aromatic heterocycles. The molecule has 0 spiro atoms. The van der Waals surface area contributed by atoms with Gasteiger partial charge in [-0.2, -0.15) is 0 Å². The second-order valence-corrected chi connectivity index (χ2v) is 17.9. The highest BCUT2D eigenvalue weighted by molar-refractivity contribution is 6.08. The summed E-state index contributed by atoms with van der Waals surface area (Å²) in [4.78, 5) is 2.45. The van der Waals surface area contributed by atoms with Crippen LogP contribution in [0.4, 0.5) is 17.1 Å². The van der Waals surface area contributed by atoms with Crippen LogP contribution in [0.1, 0.15) is 77.6 Å². The average Bonchev–Trinajstić information content (AvgIpc) is 3.66. The molecule has 1 aliphatic rings. The Morgan fingerprint density at radius 3 is 1.76 bits per heavy atom. The van der Waals surface area contributed by atoms with Gasteiger partial charge in [-0.3, -0.25) is 0 Å². The minimum absolute atomic E-state index is 0.0125. The van der Waals surface area contributed by atoms with Crippen LogP contribution in [0.15, 0.2) is 156 Å². The van der Waals surface area contributed by atoms with Crippen LogP contribution in [0, 0.1) is 0 Å². The van der Waals surface area contributed by atoms with Crippen LogP contribution in [0.25, 0.3) is 55.3 Å². The summed E-state index contributed by atoms with van der Waals surface area (Å²) in [6, 6.07) is 55.7. The third-order valence-electron chi connectivity index (χ3n) is 11.8. The Morgan fingerprint density at radius 2 is 1.07 bits per heavy atom. The van der Waals surface area contributed by atoms with E-state index in [1.807, 2.05) is 0 Å². The SMILES string of the molecule is CC(C)(C)c1ccc(-c2ccc3oc4ccc(N(c5ccc(-c6ccccc6)cc5)c5cccc6c5-c5cccc(C(C)(C)C)c5C6(C)C)cc4c3c2)cc1. The third-order valence-corrected chi connectivity index (χ3v) is 11.8. The second-order valence-electron chi connectivity index (χ2n) is 17.9. The van der Waals surface area contributed by atoms with Crippen molar-refractivity contribution in [1.29, 1.82) is 0 Å². The fourth-order valence-corrected chi connectivity index (χ4v) is 8.83. The van der Waals surface area contributed by atoms with Crippen molar-refractivity contribution in [3.63, 3.8) is 0 Å². The van der Waals surface area contributed by atoms with E-state index in [2.05, 4.69) is 212 Å². The molecule has 0 radical (unpaired) electrons. The Balaban J connectivity index is 1.24. The van der Waals surface area contributed by atoms with Crippen LogP contribution in [0.2, 0.25) is 0 Å². The predicted octanol–water partition coefficient (Wildman–Crippen LogP) is 15.3. The van der Waals surface area contributed by atoms with Crippen molar-refractivity contribution in [2.75, 3.05) is 4.90 Å². The molecule has 0 N–H and O–H groups in total. The van der Waals surface area contributed by atoms with E-state index in [9.17, 15) is 0 Å². The van der Waals surface area contributed by atoms with Crippen LogP contribution in [-0.2, 0) is 16.2 Å². The molecule has 2 heteroatoms. The lowest BCUT2D eigenvalue weighted by Crippen LogP contribution is -2.23. The molecule has 0 fully saturated rings. The van der Waals surface area contributed by atoms with Crippen molar-refractivity contribution >= 4 is 39.0 Å². The Morgan fingerprint density at radius 1 is 0.491 bits per heavy atom. The van der Waals surface area contributed by atoms with Gasteiger partial charge >= 0.3 is 0 Å². The first kappa shape index (κ1) is 34.9. The summed E-state index contributed by atoms with van der Waals surface area (Å²) in [5, 5.41) is 2.23. The van der Waals surface area contributed by atoms with Crippen LogP contribution in [0.5, 0.6) is 0 Å². The molecule has 0 saturated heterocycles. The fraction of sp³-hybridized carbons (Fsp3) is 0.208. The molecule has 272 valence electrons. The number of furan rings is 1. The van der Waals surface area contributed by atoms with Crippen LogP contribution in [-0.4, -0.2) is 0 Å². The second kappa shape index (κ2) is 12.6. The lowest BCUT2D eigenvalue weighted by molar-refractivity contribution is 0.556. The normalized spacial score (nSPS) is 13.6. The van der Waals surface area contributed by atoms with Gasteiger partial charge < -0.3 is 9.32 Å². The highest BCUT2D eigenvalue weighted by Crippen LogP contribution is 2.56. The van der Waals surface area contributed by atoms with Gasteiger partial charge in [0.25, 0.3) is 0 Å². The largest absolute Gasteiger partial charge is 0.456 e. The highest BCUT2D eigenvalue weighted by atomic mass is 16.3. The molecule has 0 atom stereocenters. The summed E-state index contributed by atoms with van der Waals surface area (Å²) in [6.07, 6.45) is 0. The summed E-state index contributed by atoms with van der Waals surface area (Å²) >= 11 is 0. The molecule has 0 bridgehead atoms. The van der Waals surface area contributed by atoms with Gasteiger partial charge in [0.15, 0.2) is 0 Å². The maximum absolute atomic E-state index is 6.49. The molecule has 8 aromatic rings. The predicted molar refractivity (Wildman–Crippen MR) is 234 cm³/mol. The van der Waals surface area contributed by atoms with E-state index in [0.29, 0.717) is 0 Å². The topological polar surface area (TPSA) is 16.4 Å². The molecule has 55 heavy (non-hydrogen) atoms. The van der Waals surface area contributed by atoms with Crippen LogP contribution in [0.3, 0.4) is 0 Å². The fourth-order valence-electron chi connectivity index (χ4n) is 8.83. The van der Waals surface area contributed by atoms with E-state index >= 15 is 0 Å². The van der Waals surface area contributed by atoms with E-state index in [1.54, 1.807) is 0 Å². The van der Waals surface area contributed by atoms with Gasteiger partial charge in [-0.05, 0) is 109 Å². The maximum atomic E-state index is 6.49. The number of benzene rings is 7. The molecule has 0 aliphatic heterocycles. The molecule has 1 heterocycles. The molecular formula is C53H49NO. The van der Waals surface area contributed by atoms with Crippen molar-refractivity contribution in [2.24, 2.45) is 0 Å². The summed E-state index contributed by atoms with van der Waals surface area (Å²) in [5.74, 6) is 0. The van der Waals surface area contributed by atoms with E-state index < -0.39 is 0 Å². The van der Waals surface area contributed by atoms with Crippen LogP contribution < -0.4 is 4.90 Å². The summed E-state index contributed by atoms with van der Waals surface area (Å²) in [5.41, 5.74) is 18.1. The van der Waals surface area contributed by atoms with Gasteiger partial charge in [-0.1, -0.05) is 159 Å². The van der Waals surface area contributed by atoms with Gasteiger partial charge in [-0.25, -0.2) is 0 Å². The van der Waals surface area contributed by atoms with Crippen molar-refractivity contribution in [3.8, 4) is 33.4 Å². The number of hydrogen-bond acceptors (Lipinski definition) is 2. The summed E-state index contributed by atoms with van der Waals surface area (Å²) in [7, 11) is 0. The van der Waals surface area contributed by atoms with Gasteiger partial charge in [0, 0.05) is 33.1 Å². The standard InChI is InChI=1S/C53H49NO/c1-51(2,3)38-25-20-36(21-26-38)37-24-30-47-42(32-37)43-33-40(29-31-48(43)55-47)54(39-27-22-35(23-28-39)34-14-10-9-11-15-34)46-19-13-17-44-49(46)41-16-12-18-45(52(4,5)6)50(41)53(44,7)8/h9-33H,1-8H3. The third kappa shape index (κ3) is 5.87. The lowest BCUT2D eigenvalue weighted by Gasteiger charge is -2.30. The Bertz CT molecular complexity index is 2720. The van der Waals surface area contributed by atoms with E-state index in [0.717, 1.165) is 33.3 Å². The van der Waals surface area contributed by atoms with Gasteiger partial charge in [-0.15, -0.1) is 0 Å². The molecular weight excluding hydrogens is 667 g/mol. The lowest BCUT2D eigenvalue weighted by atomic mass is 9.74. The number of rotatable bonds is 5. The van der Waals surface area contributed by atoms with Crippen molar-refractivity contribution in [1.82, 2.24) is 0 Å². The van der Waals surface area contributed by atoms with Gasteiger partial charge in [0.05, 0.1) is 5.69 Å². The monoisotopic (exact) mass is 715 g/mol. The molecule has 0 unspecified atom stereocenters. The van der Waals surface area contributed by atoms with Crippen LogP contribution >= 0.6 is 0 Å². The minimum atomic E-state index is -0.153. The molecule has 7 aromatic carbocycles. The minimum Gasteiger partial charge on any atom is -0.456 e. The first-order valence-corrected chi connectivity index (χ1v) is 19.6. The van der Waals surface area contributed by atoms with Crippen molar-refractivity contribution in [3.05, 3.63) is 174 Å². The number of anilines is 3. The van der Waals surface area contributed by atoms with Gasteiger partial charge in [0.2, 0.25) is 0 Å². The molecule has 0 amide bonds. The molecule has 1 aliphatic carbocycles. The first-order chi connectivity index (χ1) is 26.3. The van der Waals surface area contributed by atoms with Crippen molar-refractivity contribution in [2.45, 2.75) is 71.6 Å². The Hall–Kier alpha value is -5.86. The molecule has 2 nitrogen and oxygen atoms in total. The number of fused-ring (bicyclic) bond motifs is 6.